The van der Waals surface area contributed by atoms with Crippen molar-refractivity contribution in [3.05, 3.63) is 71.8 Å². The zero-order valence-corrected chi connectivity index (χ0v) is 12.7. The van der Waals surface area contributed by atoms with E-state index in [1.807, 2.05) is 24.3 Å². The zero-order valence-electron chi connectivity index (χ0n) is 12.7. The third-order valence-electron chi connectivity index (χ3n) is 4.40. The van der Waals surface area contributed by atoms with Crippen LogP contribution in [0.4, 0.5) is 0 Å². The number of hydrogen-bond acceptors (Lipinski definition) is 2. The lowest BCUT2D eigenvalue weighted by Gasteiger charge is -2.33. The number of ether oxygens (including phenoxy) is 1. The molecule has 0 aromatic heterocycles. The third kappa shape index (κ3) is 3.83. The van der Waals surface area contributed by atoms with E-state index in [0.717, 1.165) is 32.0 Å². The van der Waals surface area contributed by atoms with Gasteiger partial charge in [0.25, 0.3) is 0 Å². The van der Waals surface area contributed by atoms with E-state index in [1.54, 1.807) is 0 Å². The average molecular weight is 294 g/mol. The molecule has 2 aromatic carbocycles. The second-order valence-corrected chi connectivity index (χ2v) is 6.05. The fraction of sp³-hybridized carbons (Fsp3) is 0.350. The lowest BCUT2D eigenvalue weighted by molar-refractivity contribution is -0.122. The van der Waals surface area contributed by atoms with E-state index in [0.29, 0.717) is 0 Å². The molecule has 22 heavy (non-hydrogen) atoms. The van der Waals surface area contributed by atoms with Gasteiger partial charge in [0.2, 0.25) is 0 Å². The van der Waals surface area contributed by atoms with Crippen molar-refractivity contribution in [2.75, 3.05) is 0 Å². The van der Waals surface area contributed by atoms with Crippen LogP contribution in [-0.4, -0.2) is 12.4 Å². The minimum absolute atomic E-state index is 0.0472. The Hall–Kier alpha value is -1.93. The van der Waals surface area contributed by atoms with Crippen molar-refractivity contribution in [3.63, 3.8) is 0 Å². The monoisotopic (exact) mass is 294 g/mol. The molecule has 1 aliphatic rings. The maximum absolute atomic E-state index is 11.3. The van der Waals surface area contributed by atoms with Crippen molar-refractivity contribution in [3.8, 4) is 0 Å². The maximum atomic E-state index is 11.3. The lowest BCUT2D eigenvalue weighted by Crippen LogP contribution is -2.29. The summed E-state index contributed by atoms with van der Waals surface area (Å²) in [5.74, 6) is 0.111. The predicted octanol–water partition coefficient (Wildman–Crippen LogP) is 4.35. The minimum Gasteiger partial charge on any atom is -0.370 e. The fourth-order valence-electron chi connectivity index (χ4n) is 3.20. The number of aldehydes is 1. The summed E-state index contributed by atoms with van der Waals surface area (Å²) in [5.41, 5.74) is 2.51. The molecule has 0 bridgehead atoms. The molecule has 1 unspecified atom stereocenters. The summed E-state index contributed by atoms with van der Waals surface area (Å²) in [4.78, 5) is 11.3. The van der Waals surface area contributed by atoms with Crippen LogP contribution in [0.25, 0.3) is 0 Å². The third-order valence-corrected chi connectivity index (χ3v) is 4.40. The average Bonchev–Trinajstić information content (AvgIpc) is 2.61. The molecule has 1 saturated heterocycles. The van der Waals surface area contributed by atoms with Crippen molar-refractivity contribution in [1.29, 1.82) is 0 Å². The SMILES string of the molecule is O=CC1C[C@@H](CCc2ccccc2)O[C@@H](c2ccccc2)C1. The molecule has 1 heterocycles. The van der Waals surface area contributed by atoms with E-state index in [9.17, 15) is 4.79 Å². The van der Waals surface area contributed by atoms with Gasteiger partial charge in [-0.1, -0.05) is 60.7 Å². The zero-order chi connectivity index (χ0) is 15.2. The molecule has 0 N–H and O–H groups in total. The first kappa shape index (κ1) is 15.0. The molecule has 0 spiro atoms. The van der Waals surface area contributed by atoms with E-state index < -0.39 is 0 Å². The van der Waals surface area contributed by atoms with E-state index in [1.165, 1.54) is 11.1 Å². The van der Waals surface area contributed by atoms with Gasteiger partial charge in [-0.25, -0.2) is 0 Å². The molecule has 114 valence electrons. The molecule has 2 aromatic rings. The highest BCUT2D eigenvalue weighted by Gasteiger charge is 2.29. The van der Waals surface area contributed by atoms with Crippen LogP contribution in [0.1, 0.15) is 36.5 Å². The summed E-state index contributed by atoms with van der Waals surface area (Å²) >= 11 is 0. The number of aryl methyl sites for hydroxylation is 1. The lowest BCUT2D eigenvalue weighted by atomic mass is 9.88. The van der Waals surface area contributed by atoms with E-state index in [-0.39, 0.29) is 18.1 Å². The maximum Gasteiger partial charge on any atom is 0.123 e. The summed E-state index contributed by atoms with van der Waals surface area (Å²) in [6.07, 6.45) is 4.93. The van der Waals surface area contributed by atoms with Crippen molar-refractivity contribution in [2.24, 2.45) is 5.92 Å². The largest absolute Gasteiger partial charge is 0.370 e. The van der Waals surface area contributed by atoms with Crippen LogP contribution in [0.15, 0.2) is 60.7 Å². The van der Waals surface area contributed by atoms with E-state index in [2.05, 4.69) is 36.4 Å². The Kier molecular flexibility index (Phi) is 5.02. The number of carbonyl (C=O) groups is 1. The van der Waals surface area contributed by atoms with Gasteiger partial charge in [-0.2, -0.15) is 0 Å². The van der Waals surface area contributed by atoms with Crippen LogP contribution in [0.2, 0.25) is 0 Å². The number of hydrogen-bond donors (Lipinski definition) is 0. The Morgan fingerprint density at radius 3 is 2.32 bits per heavy atom. The molecule has 1 aliphatic heterocycles. The Balaban J connectivity index is 1.65. The molecular weight excluding hydrogens is 272 g/mol. The highest BCUT2D eigenvalue weighted by molar-refractivity contribution is 5.54. The van der Waals surface area contributed by atoms with Gasteiger partial charge in [0, 0.05) is 5.92 Å². The van der Waals surface area contributed by atoms with Crippen molar-refractivity contribution < 1.29 is 9.53 Å². The summed E-state index contributed by atoms with van der Waals surface area (Å²) in [5, 5.41) is 0. The van der Waals surface area contributed by atoms with Crippen LogP contribution in [0.5, 0.6) is 0 Å². The van der Waals surface area contributed by atoms with Crippen LogP contribution in [0.3, 0.4) is 0 Å². The number of rotatable bonds is 5. The Bertz CT molecular complexity index is 579. The summed E-state index contributed by atoms with van der Waals surface area (Å²) in [6.45, 7) is 0. The first-order valence-corrected chi connectivity index (χ1v) is 8.05. The molecule has 0 amide bonds. The van der Waals surface area contributed by atoms with Crippen molar-refractivity contribution in [1.82, 2.24) is 0 Å². The number of benzene rings is 2. The smallest absolute Gasteiger partial charge is 0.123 e. The van der Waals surface area contributed by atoms with Crippen LogP contribution in [-0.2, 0) is 16.0 Å². The van der Waals surface area contributed by atoms with Gasteiger partial charge in [0.1, 0.15) is 6.29 Å². The van der Waals surface area contributed by atoms with Gasteiger partial charge in [-0.05, 0) is 36.8 Å². The van der Waals surface area contributed by atoms with Crippen LogP contribution >= 0.6 is 0 Å². The van der Waals surface area contributed by atoms with Gasteiger partial charge in [0.05, 0.1) is 12.2 Å². The predicted molar refractivity (Wildman–Crippen MR) is 87.6 cm³/mol. The summed E-state index contributed by atoms with van der Waals surface area (Å²) in [7, 11) is 0. The Morgan fingerprint density at radius 2 is 1.64 bits per heavy atom. The van der Waals surface area contributed by atoms with E-state index in [4.69, 9.17) is 4.74 Å². The molecule has 3 atom stereocenters. The molecular formula is C20H22O2. The molecule has 0 radical (unpaired) electrons. The first-order valence-electron chi connectivity index (χ1n) is 8.05. The summed E-state index contributed by atoms with van der Waals surface area (Å²) in [6, 6.07) is 20.7. The second-order valence-electron chi connectivity index (χ2n) is 6.05. The molecule has 0 aliphatic carbocycles. The van der Waals surface area contributed by atoms with Crippen LogP contribution < -0.4 is 0 Å². The molecule has 2 nitrogen and oxygen atoms in total. The van der Waals surface area contributed by atoms with Gasteiger partial charge in [-0.15, -0.1) is 0 Å². The Labute approximate surface area is 132 Å². The highest BCUT2D eigenvalue weighted by atomic mass is 16.5. The fourth-order valence-corrected chi connectivity index (χ4v) is 3.20. The van der Waals surface area contributed by atoms with Crippen molar-refractivity contribution in [2.45, 2.75) is 37.9 Å². The van der Waals surface area contributed by atoms with Gasteiger partial charge in [-0.3, -0.25) is 0 Å². The Morgan fingerprint density at radius 1 is 0.955 bits per heavy atom. The second kappa shape index (κ2) is 7.37. The van der Waals surface area contributed by atoms with Gasteiger partial charge in [0.15, 0.2) is 0 Å². The number of carbonyl (C=O) groups excluding carboxylic acids is 1. The molecule has 0 saturated carbocycles. The van der Waals surface area contributed by atoms with Gasteiger partial charge < -0.3 is 9.53 Å². The minimum atomic E-state index is 0.0472. The first-order chi connectivity index (χ1) is 10.8. The molecule has 1 fully saturated rings. The normalized spacial score (nSPS) is 24.8. The highest BCUT2D eigenvalue weighted by Crippen LogP contribution is 2.35. The van der Waals surface area contributed by atoms with E-state index >= 15 is 0 Å². The molecule has 2 heteroatoms. The standard InChI is InChI=1S/C20H22O2/c21-15-17-13-19(12-11-16-7-3-1-4-8-16)22-20(14-17)18-9-5-2-6-10-18/h1-10,15,17,19-20H,11-14H2/t17?,19-,20-/m1/s1. The van der Waals surface area contributed by atoms with Gasteiger partial charge >= 0.3 is 0 Å². The van der Waals surface area contributed by atoms with Crippen LogP contribution in [0, 0.1) is 5.92 Å². The topological polar surface area (TPSA) is 26.3 Å². The van der Waals surface area contributed by atoms with Crippen molar-refractivity contribution >= 4 is 6.29 Å². The molecule has 3 rings (SSSR count). The quantitative estimate of drug-likeness (QED) is 0.766. The summed E-state index contributed by atoms with van der Waals surface area (Å²) < 4.78 is 6.27.